The van der Waals surface area contributed by atoms with Crippen molar-refractivity contribution in [2.45, 2.75) is 19.3 Å². The van der Waals surface area contributed by atoms with Gasteiger partial charge in [0.25, 0.3) is 0 Å². The van der Waals surface area contributed by atoms with Crippen LogP contribution in [0.25, 0.3) is 65.7 Å². The third-order valence-corrected chi connectivity index (χ3v) is 10.6. The van der Waals surface area contributed by atoms with Crippen LogP contribution in [0.4, 0.5) is 17.1 Å². The van der Waals surface area contributed by atoms with Gasteiger partial charge in [-0.15, -0.1) is 0 Å². The van der Waals surface area contributed by atoms with Crippen molar-refractivity contribution in [3.8, 4) is 22.3 Å². The highest BCUT2D eigenvalue weighted by atomic mass is 16.3. The monoisotopic (exact) mass is 627 g/mol. The SMILES string of the molecule is CC1(C)c2ccccc2-c2cc(N(c3ccc(-c4ccc5ccccc5c4)cc3)c3ccc4cc5c(cc4c3)oc3ccccc35)ccc21. The fourth-order valence-corrected chi connectivity index (χ4v) is 8.06. The highest BCUT2D eigenvalue weighted by molar-refractivity contribution is 6.10. The first-order valence-corrected chi connectivity index (χ1v) is 17.0. The summed E-state index contributed by atoms with van der Waals surface area (Å²) in [5, 5.41) is 7.15. The molecule has 8 aromatic carbocycles. The summed E-state index contributed by atoms with van der Waals surface area (Å²) in [4.78, 5) is 2.39. The van der Waals surface area contributed by atoms with E-state index >= 15 is 0 Å². The van der Waals surface area contributed by atoms with E-state index in [4.69, 9.17) is 4.42 Å². The number of fused-ring (bicyclic) bond motifs is 8. The number of para-hydroxylation sites is 1. The Bertz CT molecular complexity index is 2750. The van der Waals surface area contributed by atoms with Crippen LogP contribution in [0.2, 0.25) is 0 Å². The topological polar surface area (TPSA) is 16.4 Å². The lowest BCUT2D eigenvalue weighted by molar-refractivity contribution is 0.660. The molecule has 0 saturated heterocycles. The quantitative estimate of drug-likeness (QED) is 0.193. The first-order chi connectivity index (χ1) is 24.0. The van der Waals surface area contributed by atoms with Crippen molar-refractivity contribution in [2.75, 3.05) is 4.90 Å². The zero-order chi connectivity index (χ0) is 32.7. The average molecular weight is 628 g/mol. The molecule has 49 heavy (non-hydrogen) atoms. The third kappa shape index (κ3) is 4.34. The molecule has 2 nitrogen and oxygen atoms in total. The number of hydrogen-bond acceptors (Lipinski definition) is 2. The van der Waals surface area contributed by atoms with Crippen LogP contribution in [0.15, 0.2) is 168 Å². The molecule has 232 valence electrons. The van der Waals surface area contributed by atoms with E-state index in [0.29, 0.717) is 0 Å². The van der Waals surface area contributed by atoms with Gasteiger partial charge in [-0.05, 0) is 116 Å². The predicted octanol–water partition coefficient (Wildman–Crippen LogP) is 13.3. The largest absolute Gasteiger partial charge is 0.456 e. The number of nitrogens with zero attached hydrogens (tertiary/aromatic N) is 1. The van der Waals surface area contributed by atoms with Gasteiger partial charge >= 0.3 is 0 Å². The standard InChI is InChI=1S/C47H33NO/c1-47(2)43-13-7-5-11-39(43)41-29-38(23-24-44(41)47)48(36-20-17-31(18-21-36)33-16-15-30-9-3-4-10-32(30)25-33)37-22-19-34-27-42-40-12-6-8-14-45(40)49-46(42)28-35(34)26-37/h3-29H,1-2H3. The molecule has 0 fully saturated rings. The van der Waals surface area contributed by atoms with Gasteiger partial charge in [-0.2, -0.15) is 0 Å². The van der Waals surface area contributed by atoms with Crippen molar-refractivity contribution >= 4 is 60.5 Å². The fraction of sp³-hybridized carbons (Fsp3) is 0.0638. The third-order valence-electron chi connectivity index (χ3n) is 10.6. The van der Waals surface area contributed by atoms with E-state index in [1.165, 1.54) is 49.5 Å². The van der Waals surface area contributed by atoms with E-state index in [2.05, 4.69) is 170 Å². The van der Waals surface area contributed by atoms with Crippen LogP contribution in [0.5, 0.6) is 0 Å². The molecule has 1 heterocycles. The molecule has 2 heteroatoms. The van der Waals surface area contributed by atoms with Gasteiger partial charge in [-0.25, -0.2) is 0 Å². The molecule has 0 N–H and O–H groups in total. The summed E-state index contributed by atoms with van der Waals surface area (Å²) < 4.78 is 6.30. The number of hydrogen-bond donors (Lipinski definition) is 0. The Morgan fingerprint density at radius 1 is 0.408 bits per heavy atom. The first-order valence-electron chi connectivity index (χ1n) is 17.0. The van der Waals surface area contributed by atoms with Crippen LogP contribution in [-0.2, 0) is 5.41 Å². The van der Waals surface area contributed by atoms with Gasteiger partial charge in [0.2, 0.25) is 0 Å². The lowest BCUT2D eigenvalue weighted by Gasteiger charge is -2.27. The first kappa shape index (κ1) is 27.9. The fourth-order valence-electron chi connectivity index (χ4n) is 8.06. The zero-order valence-corrected chi connectivity index (χ0v) is 27.4. The van der Waals surface area contributed by atoms with E-state index in [1.54, 1.807) is 0 Å². The molecule has 0 radical (unpaired) electrons. The summed E-state index contributed by atoms with van der Waals surface area (Å²) in [5.74, 6) is 0. The molecule has 10 rings (SSSR count). The molecule has 0 amide bonds. The summed E-state index contributed by atoms with van der Waals surface area (Å²) in [5.41, 5.74) is 12.9. The highest BCUT2D eigenvalue weighted by Crippen LogP contribution is 2.50. The zero-order valence-electron chi connectivity index (χ0n) is 27.4. The summed E-state index contributed by atoms with van der Waals surface area (Å²) in [6, 6.07) is 59.6. The maximum atomic E-state index is 6.30. The van der Waals surface area contributed by atoms with E-state index < -0.39 is 0 Å². The Kier molecular flexibility index (Phi) is 5.95. The molecule has 1 aromatic heterocycles. The Morgan fingerprint density at radius 2 is 1.06 bits per heavy atom. The lowest BCUT2D eigenvalue weighted by atomic mass is 9.82. The van der Waals surface area contributed by atoms with Crippen LogP contribution >= 0.6 is 0 Å². The van der Waals surface area contributed by atoms with Crippen molar-refractivity contribution in [1.82, 2.24) is 0 Å². The molecule has 0 spiro atoms. The van der Waals surface area contributed by atoms with Crippen LogP contribution in [0, 0.1) is 0 Å². The van der Waals surface area contributed by atoms with Crippen molar-refractivity contribution < 1.29 is 4.42 Å². The Balaban J connectivity index is 1.13. The molecule has 0 aliphatic heterocycles. The maximum absolute atomic E-state index is 6.30. The molecule has 0 saturated carbocycles. The van der Waals surface area contributed by atoms with Gasteiger partial charge < -0.3 is 9.32 Å². The van der Waals surface area contributed by atoms with Gasteiger partial charge in [0.05, 0.1) is 0 Å². The van der Waals surface area contributed by atoms with Gasteiger partial charge in [0.15, 0.2) is 0 Å². The Morgan fingerprint density at radius 3 is 1.96 bits per heavy atom. The number of benzene rings is 8. The van der Waals surface area contributed by atoms with Gasteiger partial charge in [0, 0.05) is 33.2 Å². The molecule has 0 bridgehead atoms. The average Bonchev–Trinajstić information content (AvgIpc) is 3.61. The van der Waals surface area contributed by atoms with Crippen molar-refractivity contribution in [3.63, 3.8) is 0 Å². The van der Waals surface area contributed by atoms with Crippen LogP contribution < -0.4 is 4.90 Å². The summed E-state index contributed by atoms with van der Waals surface area (Å²) in [6.45, 7) is 4.67. The molecule has 0 unspecified atom stereocenters. The summed E-state index contributed by atoms with van der Waals surface area (Å²) in [6.07, 6.45) is 0. The predicted molar refractivity (Wildman–Crippen MR) is 206 cm³/mol. The Hall–Kier alpha value is -6.12. The second-order valence-electron chi connectivity index (χ2n) is 13.8. The Labute approximate surface area is 285 Å². The number of furan rings is 1. The van der Waals surface area contributed by atoms with E-state index in [9.17, 15) is 0 Å². The van der Waals surface area contributed by atoms with E-state index in [1.807, 2.05) is 12.1 Å². The minimum absolute atomic E-state index is 0.0440. The van der Waals surface area contributed by atoms with Crippen molar-refractivity contribution in [2.24, 2.45) is 0 Å². The molecule has 1 aliphatic carbocycles. The van der Waals surface area contributed by atoms with E-state index in [-0.39, 0.29) is 5.41 Å². The lowest BCUT2D eigenvalue weighted by Crippen LogP contribution is -2.15. The van der Waals surface area contributed by atoms with Gasteiger partial charge in [-0.3, -0.25) is 0 Å². The minimum atomic E-state index is -0.0440. The summed E-state index contributed by atoms with van der Waals surface area (Å²) in [7, 11) is 0. The second kappa shape index (κ2) is 10.4. The van der Waals surface area contributed by atoms with Gasteiger partial charge in [0.1, 0.15) is 11.2 Å². The van der Waals surface area contributed by atoms with Gasteiger partial charge in [-0.1, -0.05) is 117 Å². The van der Waals surface area contributed by atoms with Crippen molar-refractivity contribution in [3.05, 3.63) is 175 Å². The maximum Gasteiger partial charge on any atom is 0.136 e. The number of anilines is 3. The molecule has 0 atom stereocenters. The minimum Gasteiger partial charge on any atom is -0.456 e. The number of rotatable bonds is 4. The molecular weight excluding hydrogens is 595 g/mol. The highest BCUT2D eigenvalue weighted by Gasteiger charge is 2.35. The molecule has 9 aromatic rings. The summed E-state index contributed by atoms with van der Waals surface area (Å²) >= 11 is 0. The van der Waals surface area contributed by atoms with Crippen molar-refractivity contribution in [1.29, 1.82) is 0 Å². The van der Waals surface area contributed by atoms with Crippen LogP contribution in [-0.4, -0.2) is 0 Å². The molecular formula is C47H33NO. The van der Waals surface area contributed by atoms with E-state index in [0.717, 1.165) is 44.4 Å². The smallest absolute Gasteiger partial charge is 0.136 e. The molecule has 1 aliphatic rings. The van der Waals surface area contributed by atoms with Crippen LogP contribution in [0.3, 0.4) is 0 Å². The second-order valence-corrected chi connectivity index (χ2v) is 13.8. The van der Waals surface area contributed by atoms with Crippen LogP contribution in [0.1, 0.15) is 25.0 Å². The normalized spacial score (nSPS) is 13.3.